The highest BCUT2D eigenvalue weighted by molar-refractivity contribution is 14.1. The van der Waals surface area contributed by atoms with E-state index < -0.39 is 0 Å². The van der Waals surface area contributed by atoms with E-state index in [0.717, 1.165) is 6.54 Å². The predicted molar refractivity (Wildman–Crippen MR) is 81.1 cm³/mol. The summed E-state index contributed by atoms with van der Waals surface area (Å²) < 4.78 is 1.31. The van der Waals surface area contributed by atoms with Gasteiger partial charge < -0.3 is 0 Å². The maximum Gasteiger partial charge on any atom is 0.0235 e. The smallest absolute Gasteiger partial charge is 0.0235 e. The molecule has 1 aromatic rings. The highest BCUT2D eigenvalue weighted by Crippen LogP contribution is 2.16. The maximum atomic E-state index is 2.57. The van der Waals surface area contributed by atoms with Crippen LogP contribution in [0.25, 0.3) is 0 Å². The van der Waals surface area contributed by atoms with E-state index in [2.05, 4.69) is 77.6 Å². The lowest BCUT2D eigenvalue weighted by Gasteiger charge is -2.42. The largest absolute Gasteiger partial charge is 0.298 e. The molecule has 0 aliphatic carbocycles. The molecule has 0 N–H and O–H groups in total. The minimum absolute atomic E-state index is 0.655. The molecule has 2 unspecified atom stereocenters. The molecule has 1 fully saturated rings. The SMILES string of the molecule is CC1CN(Cc2ccc(I)cc2)CC(C)N1C. The Labute approximate surface area is 118 Å². The fourth-order valence-electron chi connectivity index (χ4n) is 2.49. The standard InChI is InChI=1S/C14H21IN2/c1-11-8-17(9-12(2)16(11)3)10-13-4-6-14(15)7-5-13/h4-7,11-12H,8-10H2,1-3H3. The van der Waals surface area contributed by atoms with Gasteiger partial charge in [0.05, 0.1) is 0 Å². The normalized spacial score (nSPS) is 27.3. The van der Waals surface area contributed by atoms with Crippen LogP contribution in [0.5, 0.6) is 0 Å². The third-order valence-electron chi connectivity index (χ3n) is 3.75. The van der Waals surface area contributed by atoms with E-state index in [1.807, 2.05) is 0 Å². The molecule has 1 aliphatic heterocycles. The molecule has 3 heteroatoms. The van der Waals surface area contributed by atoms with Crippen LogP contribution in [-0.2, 0) is 6.54 Å². The second kappa shape index (κ2) is 5.67. The Morgan fingerprint density at radius 1 is 1.12 bits per heavy atom. The Bertz CT molecular complexity index is 351. The Balaban J connectivity index is 1.98. The fourth-order valence-corrected chi connectivity index (χ4v) is 2.85. The number of piperazine rings is 1. The zero-order chi connectivity index (χ0) is 12.4. The van der Waals surface area contributed by atoms with Crippen LogP contribution in [0.4, 0.5) is 0 Å². The van der Waals surface area contributed by atoms with Crippen molar-refractivity contribution in [2.45, 2.75) is 32.5 Å². The van der Waals surface area contributed by atoms with E-state index in [-0.39, 0.29) is 0 Å². The molecule has 94 valence electrons. The topological polar surface area (TPSA) is 6.48 Å². The van der Waals surface area contributed by atoms with Crippen LogP contribution in [-0.4, -0.2) is 42.0 Å². The zero-order valence-electron chi connectivity index (χ0n) is 10.9. The molecule has 1 aromatic carbocycles. The molecule has 1 aliphatic rings. The number of benzene rings is 1. The maximum absolute atomic E-state index is 2.57. The summed E-state index contributed by atoms with van der Waals surface area (Å²) in [4.78, 5) is 5.04. The first-order valence-electron chi connectivity index (χ1n) is 6.25. The summed E-state index contributed by atoms with van der Waals surface area (Å²) in [6.07, 6.45) is 0. The molecule has 0 saturated carbocycles. The number of rotatable bonds is 2. The van der Waals surface area contributed by atoms with Crippen molar-refractivity contribution in [2.75, 3.05) is 20.1 Å². The first kappa shape index (κ1) is 13.3. The van der Waals surface area contributed by atoms with Crippen LogP contribution in [0.2, 0.25) is 0 Å². The first-order chi connectivity index (χ1) is 8.06. The summed E-state index contributed by atoms with van der Waals surface area (Å²) in [5.74, 6) is 0. The third kappa shape index (κ3) is 3.42. The number of hydrogen-bond donors (Lipinski definition) is 0. The van der Waals surface area contributed by atoms with Crippen molar-refractivity contribution in [1.29, 1.82) is 0 Å². The van der Waals surface area contributed by atoms with Crippen LogP contribution < -0.4 is 0 Å². The lowest BCUT2D eigenvalue weighted by Crippen LogP contribution is -2.54. The van der Waals surface area contributed by atoms with Crippen molar-refractivity contribution in [3.8, 4) is 0 Å². The second-order valence-corrected chi connectivity index (χ2v) is 6.43. The monoisotopic (exact) mass is 344 g/mol. The van der Waals surface area contributed by atoms with Crippen LogP contribution in [0.3, 0.4) is 0 Å². The number of halogens is 1. The van der Waals surface area contributed by atoms with Gasteiger partial charge in [-0.1, -0.05) is 12.1 Å². The Morgan fingerprint density at radius 3 is 2.18 bits per heavy atom. The molecule has 2 rings (SSSR count). The summed E-state index contributed by atoms with van der Waals surface area (Å²) in [7, 11) is 2.23. The lowest BCUT2D eigenvalue weighted by molar-refractivity contribution is 0.0556. The van der Waals surface area contributed by atoms with Gasteiger partial charge in [-0.2, -0.15) is 0 Å². The summed E-state index contributed by atoms with van der Waals surface area (Å²) in [5.41, 5.74) is 1.43. The van der Waals surface area contributed by atoms with E-state index >= 15 is 0 Å². The minimum Gasteiger partial charge on any atom is -0.298 e. The molecular formula is C14H21IN2. The Kier molecular flexibility index (Phi) is 4.44. The summed E-state index contributed by atoms with van der Waals surface area (Å²) in [5, 5.41) is 0. The van der Waals surface area contributed by atoms with Crippen LogP contribution in [0.15, 0.2) is 24.3 Å². The van der Waals surface area contributed by atoms with Crippen molar-refractivity contribution in [3.05, 3.63) is 33.4 Å². The second-order valence-electron chi connectivity index (χ2n) is 5.18. The highest BCUT2D eigenvalue weighted by Gasteiger charge is 2.26. The van der Waals surface area contributed by atoms with Crippen LogP contribution >= 0.6 is 22.6 Å². The van der Waals surface area contributed by atoms with E-state index in [0.29, 0.717) is 12.1 Å². The Hall–Kier alpha value is -0.130. The molecule has 1 heterocycles. The molecule has 2 atom stereocenters. The van der Waals surface area contributed by atoms with E-state index in [1.54, 1.807) is 0 Å². The van der Waals surface area contributed by atoms with Gasteiger partial charge in [-0.15, -0.1) is 0 Å². The quantitative estimate of drug-likeness (QED) is 0.762. The van der Waals surface area contributed by atoms with Crippen molar-refractivity contribution in [1.82, 2.24) is 9.80 Å². The van der Waals surface area contributed by atoms with Crippen molar-refractivity contribution >= 4 is 22.6 Å². The van der Waals surface area contributed by atoms with Crippen LogP contribution in [0.1, 0.15) is 19.4 Å². The molecule has 0 amide bonds. The first-order valence-corrected chi connectivity index (χ1v) is 7.33. The van der Waals surface area contributed by atoms with Gasteiger partial charge in [0.1, 0.15) is 0 Å². The van der Waals surface area contributed by atoms with Gasteiger partial charge in [0.25, 0.3) is 0 Å². The molecule has 0 aromatic heterocycles. The van der Waals surface area contributed by atoms with E-state index in [1.165, 1.54) is 22.2 Å². The van der Waals surface area contributed by atoms with Gasteiger partial charge in [-0.25, -0.2) is 0 Å². The van der Waals surface area contributed by atoms with Crippen LogP contribution in [0, 0.1) is 3.57 Å². The molecule has 0 radical (unpaired) electrons. The molecule has 17 heavy (non-hydrogen) atoms. The van der Waals surface area contributed by atoms with Gasteiger partial charge >= 0.3 is 0 Å². The fraction of sp³-hybridized carbons (Fsp3) is 0.571. The molecular weight excluding hydrogens is 323 g/mol. The van der Waals surface area contributed by atoms with Crippen molar-refractivity contribution in [2.24, 2.45) is 0 Å². The number of hydrogen-bond acceptors (Lipinski definition) is 2. The van der Waals surface area contributed by atoms with Gasteiger partial charge in [0.2, 0.25) is 0 Å². The van der Waals surface area contributed by atoms with Gasteiger partial charge in [-0.05, 0) is 61.2 Å². The van der Waals surface area contributed by atoms with E-state index in [9.17, 15) is 0 Å². The minimum atomic E-state index is 0.655. The summed E-state index contributed by atoms with van der Waals surface area (Å²) in [6.45, 7) is 8.06. The predicted octanol–water partition coefficient (Wildman–Crippen LogP) is 2.82. The van der Waals surface area contributed by atoms with E-state index in [4.69, 9.17) is 0 Å². The average molecular weight is 344 g/mol. The molecule has 0 spiro atoms. The number of likely N-dealkylation sites (N-methyl/N-ethyl adjacent to an activating group) is 1. The van der Waals surface area contributed by atoms with Gasteiger partial charge in [0, 0.05) is 35.3 Å². The summed E-state index contributed by atoms with van der Waals surface area (Å²) in [6, 6.07) is 10.2. The van der Waals surface area contributed by atoms with Gasteiger partial charge in [-0.3, -0.25) is 9.80 Å². The van der Waals surface area contributed by atoms with Crippen molar-refractivity contribution in [3.63, 3.8) is 0 Å². The van der Waals surface area contributed by atoms with Gasteiger partial charge in [0.15, 0.2) is 0 Å². The third-order valence-corrected chi connectivity index (χ3v) is 4.47. The zero-order valence-corrected chi connectivity index (χ0v) is 13.0. The van der Waals surface area contributed by atoms with Crippen molar-refractivity contribution < 1.29 is 0 Å². The molecule has 0 bridgehead atoms. The molecule has 2 nitrogen and oxygen atoms in total. The highest BCUT2D eigenvalue weighted by atomic mass is 127. The average Bonchev–Trinajstić information content (AvgIpc) is 2.29. The number of nitrogens with zero attached hydrogens (tertiary/aromatic N) is 2. The summed E-state index contributed by atoms with van der Waals surface area (Å²) >= 11 is 2.36. The Morgan fingerprint density at radius 2 is 1.65 bits per heavy atom. The molecule has 1 saturated heterocycles. The lowest BCUT2D eigenvalue weighted by atomic mass is 10.1.